The number of fused-ring (bicyclic) bond motifs is 1. The standard InChI is InChI=1S/C11H8N2O5/c1-12-5-8(11(15)16)10(14)7-3-2-6(13(17)18)4-9(7)12/h2-5H,1H3,(H,15,16). The Kier molecular flexibility index (Phi) is 2.59. The lowest BCUT2D eigenvalue weighted by atomic mass is 10.1. The molecule has 1 aromatic heterocycles. The molecule has 7 nitrogen and oxygen atoms in total. The molecule has 0 fully saturated rings. The van der Waals surface area contributed by atoms with Gasteiger partial charge in [0.25, 0.3) is 5.69 Å². The van der Waals surface area contributed by atoms with Crippen molar-refractivity contribution in [3.05, 3.63) is 50.3 Å². The van der Waals surface area contributed by atoms with Gasteiger partial charge in [0.05, 0.1) is 10.4 Å². The highest BCUT2D eigenvalue weighted by atomic mass is 16.6. The molecule has 2 rings (SSSR count). The fraction of sp³-hybridized carbons (Fsp3) is 0.0909. The van der Waals surface area contributed by atoms with Crippen molar-refractivity contribution in [1.82, 2.24) is 4.57 Å². The van der Waals surface area contributed by atoms with Gasteiger partial charge in [0.2, 0.25) is 5.43 Å². The van der Waals surface area contributed by atoms with Crippen molar-refractivity contribution in [3.63, 3.8) is 0 Å². The third kappa shape index (κ3) is 1.71. The Bertz CT molecular complexity index is 732. The quantitative estimate of drug-likeness (QED) is 0.634. The van der Waals surface area contributed by atoms with Crippen molar-refractivity contribution in [2.75, 3.05) is 0 Å². The summed E-state index contributed by atoms with van der Waals surface area (Å²) in [4.78, 5) is 32.8. The molecule has 0 radical (unpaired) electrons. The van der Waals surface area contributed by atoms with Crippen LogP contribution in [0.3, 0.4) is 0 Å². The number of aryl methyl sites for hydroxylation is 1. The monoisotopic (exact) mass is 248 g/mol. The molecule has 0 saturated heterocycles. The zero-order valence-electron chi connectivity index (χ0n) is 9.28. The molecule has 0 spiro atoms. The maximum Gasteiger partial charge on any atom is 0.341 e. The molecule has 0 unspecified atom stereocenters. The highest BCUT2D eigenvalue weighted by Gasteiger charge is 2.15. The molecule has 0 aliphatic rings. The Morgan fingerprint density at radius 1 is 1.44 bits per heavy atom. The number of rotatable bonds is 2. The van der Waals surface area contributed by atoms with Crippen LogP contribution in [-0.4, -0.2) is 20.6 Å². The second-order valence-electron chi connectivity index (χ2n) is 3.75. The van der Waals surface area contributed by atoms with Gasteiger partial charge in [-0.15, -0.1) is 0 Å². The van der Waals surface area contributed by atoms with Crippen LogP contribution >= 0.6 is 0 Å². The minimum absolute atomic E-state index is 0.142. The first kappa shape index (κ1) is 11.8. The summed E-state index contributed by atoms with van der Waals surface area (Å²) in [6.45, 7) is 0. The number of carboxylic acid groups (broad SMARTS) is 1. The van der Waals surface area contributed by atoms with Crippen molar-refractivity contribution >= 4 is 22.6 Å². The van der Waals surface area contributed by atoms with E-state index in [4.69, 9.17) is 5.11 Å². The normalized spacial score (nSPS) is 10.5. The summed E-state index contributed by atoms with van der Waals surface area (Å²) in [7, 11) is 1.53. The number of hydrogen-bond acceptors (Lipinski definition) is 4. The summed E-state index contributed by atoms with van der Waals surface area (Å²) < 4.78 is 1.38. The summed E-state index contributed by atoms with van der Waals surface area (Å²) in [6, 6.07) is 3.68. The van der Waals surface area contributed by atoms with Crippen LogP contribution in [0.15, 0.2) is 29.2 Å². The molecule has 18 heavy (non-hydrogen) atoms. The van der Waals surface area contributed by atoms with Gasteiger partial charge in [-0.05, 0) is 6.07 Å². The molecule has 92 valence electrons. The van der Waals surface area contributed by atoms with Crippen LogP contribution in [0.5, 0.6) is 0 Å². The summed E-state index contributed by atoms with van der Waals surface area (Å²) in [5, 5.41) is 19.7. The van der Waals surface area contributed by atoms with Crippen molar-refractivity contribution in [2.45, 2.75) is 0 Å². The second kappa shape index (κ2) is 3.95. The van der Waals surface area contributed by atoms with Crippen LogP contribution in [0, 0.1) is 10.1 Å². The molecule has 0 bridgehead atoms. The van der Waals surface area contributed by atoms with Crippen LogP contribution < -0.4 is 5.43 Å². The fourth-order valence-electron chi connectivity index (χ4n) is 1.74. The molecule has 7 heteroatoms. The van der Waals surface area contributed by atoms with E-state index in [1.54, 1.807) is 0 Å². The predicted molar refractivity (Wildman–Crippen MR) is 62.8 cm³/mol. The SMILES string of the molecule is Cn1cc(C(=O)O)c(=O)c2ccc([N+](=O)[O-])cc21. The van der Waals surface area contributed by atoms with E-state index in [2.05, 4.69) is 0 Å². The van der Waals surface area contributed by atoms with Gasteiger partial charge >= 0.3 is 5.97 Å². The number of hydrogen-bond donors (Lipinski definition) is 1. The number of carboxylic acids is 1. The molecule has 0 saturated carbocycles. The van der Waals surface area contributed by atoms with Crippen molar-refractivity contribution in [1.29, 1.82) is 0 Å². The lowest BCUT2D eigenvalue weighted by Crippen LogP contribution is -2.17. The van der Waals surface area contributed by atoms with Crippen molar-refractivity contribution in [2.24, 2.45) is 7.05 Å². The van der Waals surface area contributed by atoms with E-state index in [1.807, 2.05) is 0 Å². The maximum atomic E-state index is 11.8. The third-order valence-electron chi connectivity index (χ3n) is 2.61. The minimum atomic E-state index is -1.32. The van der Waals surface area contributed by atoms with Crippen LogP contribution in [-0.2, 0) is 7.05 Å². The molecular formula is C11H8N2O5. The smallest absolute Gasteiger partial charge is 0.341 e. The number of aromatic carboxylic acids is 1. The number of nitro benzene ring substituents is 1. The Labute approximate surface area is 100 Å². The van der Waals surface area contributed by atoms with E-state index in [9.17, 15) is 19.7 Å². The lowest BCUT2D eigenvalue weighted by molar-refractivity contribution is -0.384. The zero-order chi connectivity index (χ0) is 13.4. The average molecular weight is 248 g/mol. The fourth-order valence-corrected chi connectivity index (χ4v) is 1.74. The Hall–Kier alpha value is -2.70. The number of nitro groups is 1. The summed E-state index contributed by atoms with van der Waals surface area (Å²) >= 11 is 0. The molecule has 1 N–H and O–H groups in total. The van der Waals surface area contributed by atoms with Crippen LogP contribution in [0.4, 0.5) is 5.69 Å². The van der Waals surface area contributed by atoms with Gasteiger partial charge in [0.1, 0.15) is 5.56 Å². The first-order valence-electron chi connectivity index (χ1n) is 4.93. The van der Waals surface area contributed by atoms with E-state index in [1.165, 1.54) is 29.8 Å². The second-order valence-corrected chi connectivity index (χ2v) is 3.75. The number of nitrogens with zero attached hydrogens (tertiary/aromatic N) is 2. The largest absolute Gasteiger partial charge is 0.477 e. The van der Waals surface area contributed by atoms with Crippen molar-refractivity contribution < 1.29 is 14.8 Å². The van der Waals surface area contributed by atoms with Gasteiger partial charge in [-0.25, -0.2) is 4.79 Å². The number of benzene rings is 1. The average Bonchev–Trinajstić information content (AvgIpc) is 2.32. The van der Waals surface area contributed by atoms with Gasteiger partial charge in [-0.2, -0.15) is 0 Å². The van der Waals surface area contributed by atoms with Gasteiger partial charge in [0, 0.05) is 30.8 Å². The zero-order valence-corrected chi connectivity index (χ0v) is 9.28. The van der Waals surface area contributed by atoms with Gasteiger partial charge in [-0.1, -0.05) is 0 Å². The molecule has 0 aliphatic heterocycles. The highest BCUT2D eigenvalue weighted by Crippen LogP contribution is 2.18. The number of non-ortho nitro benzene ring substituents is 1. The topological polar surface area (TPSA) is 102 Å². The molecule has 1 heterocycles. The van der Waals surface area contributed by atoms with Gasteiger partial charge in [-0.3, -0.25) is 14.9 Å². The molecule has 0 atom stereocenters. The number of pyridine rings is 1. The Balaban J connectivity index is 2.88. The lowest BCUT2D eigenvalue weighted by Gasteiger charge is -2.06. The van der Waals surface area contributed by atoms with Crippen LogP contribution in [0.1, 0.15) is 10.4 Å². The first-order valence-corrected chi connectivity index (χ1v) is 4.93. The van der Waals surface area contributed by atoms with Gasteiger partial charge in [0.15, 0.2) is 0 Å². The summed E-state index contributed by atoms with van der Waals surface area (Å²) in [5.41, 5.74) is -0.843. The minimum Gasteiger partial charge on any atom is -0.477 e. The molecule has 1 aromatic carbocycles. The first-order chi connectivity index (χ1) is 8.41. The predicted octanol–water partition coefficient (Wildman–Crippen LogP) is 1.14. The van der Waals surface area contributed by atoms with E-state index in [0.717, 1.165) is 6.20 Å². The third-order valence-corrected chi connectivity index (χ3v) is 2.61. The maximum absolute atomic E-state index is 11.8. The number of aromatic nitrogens is 1. The number of carbonyl (C=O) groups is 1. The summed E-state index contributed by atoms with van der Waals surface area (Å²) in [6.07, 6.45) is 1.15. The molecular weight excluding hydrogens is 240 g/mol. The molecule has 0 aliphatic carbocycles. The highest BCUT2D eigenvalue weighted by molar-refractivity contribution is 5.93. The van der Waals surface area contributed by atoms with Crippen LogP contribution in [0.2, 0.25) is 0 Å². The Morgan fingerprint density at radius 2 is 2.11 bits per heavy atom. The Morgan fingerprint density at radius 3 is 2.67 bits per heavy atom. The van der Waals surface area contributed by atoms with Gasteiger partial charge < -0.3 is 9.67 Å². The van der Waals surface area contributed by atoms with E-state index < -0.39 is 16.3 Å². The van der Waals surface area contributed by atoms with E-state index >= 15 is 0 Å². The summed E-state index contributed by atoms with van der Waals surface area (Å²) in [5.74, 6) is -1.32. The van der Waals surface area contributed by atoms with Crippen LogP contribution in [0.25, 0.3) is 10.9 Å². The molecule has 2 aromatic rings. The van der Waals surface area contributed by atoms with Crippen molar-refractivity contribution in [3.8, 4) is 0 Å². The van der Waals surface area contributed by atoms with E-state index in [0.29, 0.717) is 5.52 Å². The van der Waals surface area contributed by atoms with E-state index in [-0.39, 0.29) is 16.6 Å². The molecule has 0 amide bonds.